The van der Waals surface area contributed by atoms with Crippen LogP contribution in [0.2, 0.25) is 0 Å². The SMILES string of the molecule is COc1cc([C@H](N)C(F)F)ccc1OC(C)=O. The number of benzene rings is 1. The Balaban J connectivity index is 3.03. The number of carbonyl (C=O) groups is 1. The predicted molar refractivity (Wildman–Crippen MR) is 57.2 cm³/mol. The normalized spacial score (nSPS) is 12.4. The molecule has 0 radical (unpaired) electrons. The van der Waals surface area contributed by atoms with Crippen molar-refractivity contribution in [2.24, 2.45) is 5.73 Å². The monoisotopic (exact) mass is 245 g/mol. The van der Waals surface area contributed by atoms with Crippen molar-refractivity contribution in [2.45, 2.75) is 19.4 Å². The van der Waals surface area contributed by atoms with E-state index in [0.29, 0.717) is 0 Å². The number of alkyl halides is 2. The number of hydrogen-bond donors (Lipinski definition) is 1. The summed E-state index contributed by atoms with van der Waals surface area (Å²) in [4.78, 5) is 10.8. The molecule has 6 heteroatoms. The predicted octanol–water partition coefficient (Wildman–Crippen LogP) is 1.89. The quantitative estimate of drug-likeness (QED) is 0.650. The number of rotatable bonds is 4. The Hall–Kier alpha value is -1.69. The van der Waals surface area contributed by atoms with Gasteiger partial charge in [0.15, 0.2) is 11.5 Å². The fourth-order valence-electron chi connectivity index (χ4n) is 1.28. The number of carbonyl (C=O) groups excluding carboxylic acids is 1. The summed E-state index contributed by atoms with van der Waals surface area (Å²) in [7, 11) is 1.35. The Morgan fingerprint density at radius 1 is 1.35 bits per heavy atom. The first-order valence-corrected chi connectivity index (χ1v) is 4.85. The van der Waals surface area contributed by atoms with Gasteiger partial charge in [-0.05, 0) is 17.7 Å². The Morgan fingerprint density at radius 3 is 2.47 bits per heavy atom. The van der Waals surface area contributed by atoms with Crippen LogP contribution in [0, 0.1) is 0 Å². The van der Waals surface area contributed by atoms with E-state index < -0.39 is 18.4 Å². The third-order valence-electron chi connectivity index (χ3n) is 2.10. The van der Waals surface area contributed by atoms with Gasteiger partial charge in [-0.3, -0.25) is 4.79 Å². The standard InChI is InChI=1S/C11H13F2NO3/c1-6(15)17-8-4-3-7(5-9(8)16-2)10(14)11(12)13/h3-5,10-11H,14H2,1-2H3/t10-/m0/s1. The molecule has 0 aliphatic carbocycles. The number of ether oxygens (including phenoxy) is 2. The molecule has 1 atom stereocenters. The molecule has 0 saturated carbocycles. The minimum Gasteiger partial charge on any atom is -0.493 e. The van der Waals surface area contributed by atoms with Gasteiger partial charge in [-0.2, -0.15) is 0 Å². The second kappa shape index (κ2) is 5.58. The second-order valence-electron chi connectivity index (χ2n) is 3.36. The zero-order valence-corrected chi connectivity index (χ0v) is 9.44. The minimum atomic E-state index is -2.67. The van der Waals surface area contributed by atoms with Crippen LogP contribution in [0.15, 0.2) is 18.2 Å². The number of halogens is 2. The van der Waals surface area contributed by atoms with Crippen molar-refractivity contribution in [2.75, 3.05) is 7.11 Å². The van der Waals surface area contributed by atoms with Gasteiger partial charge in [0.25, 0.3) is 6.43 Å². The van der Waals surface area contributed by atoms with Crippen LogP contribution in [-0.2, 0) is 4.79 Å². The first-order valence-electron chi connectivity index (χ1n) is 4.85. The van der Waals surface area contributed by atoms with Gasteiger partial charge in [-0.25, -0.2) is 8.78 Å². The van der Waals surface area contributed by atoms with Gasteiger partial charge in [0, 0.05) is 6.92 Å². The van der Waals surface area contributed by atoms with E-state index >= 15 is 0 Å². The molecule has 0 aliphatic heterocycles. The molecule has 17 heavy (non-hydrogen) atoms. The third-order valence-corrected chi connectivity index (χ3v) is 2.10. The lowest BCUT2D eigenvalue weighted by Gasteiger charge is -2.14. The molecule has 0 saturated heterocycles. The van der Waals surface area contributed by atoms with Crippen molar-refractivity contribution in [3.05, 3.63) is 23.8 Å². The van der Waals surface area contributed by atoms with Crippen LogP contribution in [0.1, 0.15) is 18.5 Å². The fourth-order valence-corrected chi connectivity index (χ4v) is 1.28. The van der Waals surface area contributed by atoms with E-state index in [0.717, 1.165) is 0 Å². The molecule has 1 aromatic rings. The Labute approximate surface area is 97.3 Å². The molecule has 1 rings (SSSR count). The lowest BCUT2D eigenvalue weighted by atomic mass is 10.1. The minimum absolute atomic E-state index is 0.171. The summed E-state index contributed by atoms with van der Waals surface area (Å²) in [5.41, 5.74) is 5.51. The Morgan fingerprint density at radius 2 is 2.00 bits per heavy atom. The number of methoxy groups -OCH3 is 1. The molecule has 0 spiro atoms. The van der Waals surface area contributed by atoms with Crippen LogP contribution in [0.5, 0.6) is 11.5 Å². The fraction of sp³-hybridized carbons (Fsp3) is 0.364. The smallest absolute Gasteiger partial charge is 0.308 e. The van der Waals surface area contributed by atoms with Gasteiger partial charge in [0.05, 0.1) is 13.2 Å². The number of nitrogens with two attached hydrogens (primary N) is 1. The zero-order chi connectivity index (χ0) is 13.0. The highest BCUT2D eigenvalue weighted by molar-refractivity contribution is 5.70. The van der Waals surface area contributed by atoms with Crippen molar-refractivity contribution >= 4 is 5.97 Å². The summed E-state index contributed by atoms with van der Waals surface area (Å²) in [5.74, 6) is -0.159. The zero-order valence-electron chi connectivity index (χ0n) is 9.44. The maximum absolute atomic E-state index is 12.4. The molecule has 0 bridgehead atoms. The first-order chi connectivity index (χ1) is 7.95. The molecule has 0 aliphatic rings. The molecule has 94 valence electrons. The van der Waals surface area contributed by atoms with Crippen molar-refractivity contribution in [3.8, 4) is 11.5 Å². The Kier molecular flexibility index (Phi) is 4.39. The largest absolute Gasteiger partial charge is 0.493 e. The van der Waals surface area contributed by atoms with Crippen LogP contribution in [-0.4, -0.2) is 19.5 Å². The first kappa shape index (κ1) is 13.4. The van der Waals surface area contributed by atoms with Gasteiger partial charge < -0.3 is 15.2 Å². The van der Waals surface area contributed by atoms with Crippen molar-refractivity contribution in [1.82, 2.24) is 0 Å². The summed E-state index contributed by atoms with van der Waals surface area (Å²) in [6.45, 7) is 1.23. The summed E-state index contributed by atoms with van der Waals surface area (Å²) < 4.78 is 34.6. The van der Waals surface area contributed by atoms with Crippen LogP contribution in [0.3, 0.4) is 0 Å². The lowest BCUT2D eigenvalue weighted by molar-refractivity contribution is -0.132. The van der Waals surface area contributed by atoms with Gasteiger partial charge in [-0.15, -0.1) is 0 Å². The highest BCUT2D eigenvalue weighted by Crippen LogP contribution is 2.31. The van der Waals surface area contributed by atoms with E-state index in [1.807, 2.05) is 0 Å². The summed E-state index contributed by atoms with van der Waals surface area (Å²) in [6.07, 6.45) is -2.67. The topological polar surface area (TPSA) is 61.6 Å². The van der Waals surface area contributed by atoms with Crippen LogP contribution >= 0.6 is 0 Å². The maximum Gasteiger partial charge on any atom is 0.308 e. The van der Waals surface area contributed by atoms with Gasteiger partial charge >= 0.3 is 5.97 Å². The molecule has 0 amide bonds. The van der Waals surface area contributed by atoms with E-state index in [2.05, 4.69) is 0 Å². The van der Waals surface area contributed by atoms with Crippen molar-refractivity contribution in [3.63, 3.8) is 0 Å². The summed E-state index contributed by atoms with van der Waals surface area (Å²) >= 11 is 0. The Bertz CT molecular complexity index is 410. The van der Waals surface area contributed by atoms with Gasteiger partial charge in [-0.1, -0.05) is 6.07 Å². The van der Waals surface area contributed by atoms with Crippen LogP contribution < -0.4 is 15.2 Å². The summed E-state index contributed by atoms with van der Waals surface area (Å²) in [6, 6.07) is 2.68. The highest BCUT2D eigenvalue weighted by Gasteiger charge is 2.19. The van der Waals surface area contributed by atoms with E-state index in [1.165, 1.54) is 32.2 Å². The van der Waals surface area contributed by atoms with Crippen LogP contribution in [0.4, 0.5) is 8.78 Å². The average Bonchev–Trinajstić information content (AvgIpc) is 2.27. The maximum atomic E-state index is 12.4. The van der Waals surface area contributed by atoms with E-state index in [4.69, 9.17) is 15.2 Å². The van der Waals surface area contributed by atoms with E-state index in [9.17, 15) is 13.6 Å². The van der Waals surface area contributed by atoms with Gasteiger partial charge in [0.2, 0.25) is 0 Å². The molecule has 1 aromatic carbocycles. The van der Waals surface area contributed by atoms with Crippen LogP contribution in [0.25, 0.3) is 0 Å². The highest BCUT2D eigenvalue weighted by atomic mass is 19.3. The summed E-state index contributed by atoms with van der Waals surface area (Å²) in [5, 5.41) is 0. The molecule has 4 nitrogen and oxygen atoms in total. The number of esters is 1. The molecule has 2 N–H and O–H groups in total. The van der Waals surface area contributed by atoms with E-state index in [1.54, 1.807) is 0 Å². The molecule has 0 aromatic heterocycles. The molecule has 0 unspecified atom stereocenters. The molecule has 0 heterocycles. The number of hydrogen-bond acceptors (Lipinski definition) is 4. The van der Waals surface area contributed by atoms with Crippen molar-refractivity contribution in [1.29, 1.82) is 0 Å². The van der Waals surface area contributed by atoms with Gasteiger partial charge in [0.1, 0.15) is 0 Å². The molecular formula is C11H13F2NO3. The lowest BCUT2D eigenvalue weighted by Crippen LogP contribution is -2.19. The van der Waals surface area contributed by atoms with E-state index in [-0.39, 0.29) is 17.1 Å². The molecule has 0 fully saturated rings. The average molecular weight is 245 g/mol. The third kappa shape index (κ3) is 3.39. The van der Waals surface area contributed by atoms with Crippen molar-refractivity contribution < 1.29 is 23.0 Å². The second-order valence-corrected chi connectivity index (χ2v) is 3.36. The molecular weight excluding hydrogens is 232 g/mol.